The van der Waals surface area contributed by atoms with Crippen LogP contribution in [0.1, 0.15) is 0 Å². The third-order valence-corrected chi connectivity index (χ3v) is 4.86. The highest BCUT2D eigenvalue weighted by Gasteiger charge is 2.21. The van der Waals surface area contributed by atoms with Crippen molar-refractivity contribution in [1.82, 2.24) is 9.97 Å². The number of rotatable bonds is 5. The predicted octanol–water partition coefficient (Wildman–Crippen LogP) is 2.03. The van der Waals surface area contributed by atoms with Gasteiger partial charge in [0.25, 0.3) is 10.0 Å². The summed E-state index contributed by atoms with van der Waals surface area (Å²) < 4.78 is 37.8. The van der Waals surface area contributed by atoms with Gasteiger partial charge in [0, 0.05) is 29.4 Å². The van der Waals surface area contributed by atoms with Crippen molar-refractivity contribution in [2.75, 3.05) is 24.7 Å². The molecule has 25 heavy (non-hydrogen) atoms. The maximum atomic E-state index is 12.6. The molecule has 0 aliphatic carbocycles. The number of benzene rings is 2. The molecule has 0 bridgehead atoms. The van der Waals surface area contributed by atoms with Gasteiger partial charge in [-0.1, -0.05) is 0 Å². The van der Waals surface area contributed by atoms with Crippen LogP contribution in [0, 0.1) is 0 Å². The minimum Gasteiger partial charge on any atom is -0.497 e. The Kier molecular flexibility index (Phi) is 4.32. The van der Waals surface area contributed by atoms with Gasteiger partial charge in [-0.15, -0.1) is 0 Å². The third kappa shape index (κ3) is 3.41. The fourth-order valence-electron chi connectivity index (χ4n) is 2.26. The zero-order chi connectivity index (χ0) is 18.0. The van der Waals surface area contributed by atoms with E-state index in [2.05, 4.69) is 14.7 Å². The standard InChI is InChI=1S/C16H16N4O4S/c1-23-12-5-3-10-9-18-16(19-13(10)8-12)20-25(21,22)15-6-4-11(17)7-14(15)24-2/h3-9H,17H2,1-2H3,(H,18,19,20). The summed E-state index contributed by atoms with van der Waals surface area (Å²) in [5.41, 5.74) is 6.60. The van der Waals surface area contributed by atoms with E-state index >= 15 is 0 Å². The van der Waals surface area contributed by atoms with Gasteiger partial charge in [0.15, 0.2) is 0 Å². The number of fused-ring (bicyclic) bond motifs is 1. The molecule has 9 heteroatoms. The second-order valence-electron chi connectivity index (χ2n) is 5.13. The highest BCUT2D eigenvalue weighted by atomic mass is 32.2. The van der Waals surface area contributed by atoms with Crippen LogP contribution in [-0.4, -0.2) is 32.6 Å². The molecular weight excluding hydrogens is 344 g/mol. The monoisotopic (exact) mass is 360 g/mol. The molecule has 2 aromatic carbocycles. The molecule has 0 spiro atoms. The number of nitrogens with zero attached hydrogens (tertiary/aromatic N) is 2. The molecule has 0 radical (unpaired) electrons. The molecule has 1 heterocycles. The van der Waals surface area contributed by atoms with Gasteiger partial charge in [0.1, 0.15) is 16.4 Å². The number of nitrogens with two attached hydrogens (primary N) is 1. The molecular formula is C16H16N4O4S. The Morgan fingerprint density at radius 2 is 1.88 bits per heavy atom. The Bertz CT molecular complexity index is 1040. The van der Waals surface area contributed by atoms with Gasteiger partial charge in [-0.3, -0.25) is 0 Å². The van der Waals surface area contributed by atoms with Crippen molar-refractivity contribution < 1.29 is 17.9 Å². The molecule has 0 unspecified atom stereocenters. The third-order valence-electron chi connectivity index (χ3n) is 3.49. The number of nitrogen functional groups attached to an aromatic ring is 1. The zero-order valence-corrected chi connectivity index (χ0v) is 14.4. The van der Waals surface area contributed by atoms with Crippen LogP contribution in [0.3, 0.4) is 0 Å². The first kappa shape index (κ1) is 16.8. The van der Waals surface area contributed by atoms with Crippen molar-refractivity contribution in [2.45, 2.75) is 4.90 Å². The van der Waals surface area contributed by atoms with Crippen molar-refractivity contribution in [3.63, 3.8) is 0 Å². The van der Waals surface area contributed by atoms with Gasteiger partial charge in [0.2, 0.25) is 5.95 Å². The molecule has 3 N–H and O–H groups in total. The number of sulfonamides is 1. The van der Waals surface area contributed by atoms with Crippen molar-refractivity contribution in [2.24, 2.45) is 0 Å². The molecule has 0 saturated heterocycles. The van der Waals surface area contributed by atoms with Gasteiger partial charge in [-0.25, -0.2) is 23.1 Å². The molecule has 1 aromatic heterocycles. The lowest BCUT2D eigenvalue weighted by Crippen LogP contribution is -2.16. The number of hydrogen-bond donors (Lipinski definition) is 2. The second kappa shape index (κ2) is 6.44. The first-order valence-electron chi connectivity index (χ1n) is 7.20. The Morgan fingerprint density at radius 3 is 2.60 bits per heavy atom. The summed E-state index contributed by atoms with van der Waals surface area (Å²) >= 11 is 0. The molecule has 3 rings (SSSR count). The summed E-state index contributed by atoms with van der Waals surface area (Å²) in [5, 5.41) is 0.758. The normalized spacial score (nSPS) is 11.3. The van der Waals surface area contributed by atoms with Crippen LogP contribution in [-0.2, 0) is 10.0 Å². The minimum absolute atomic E-state index is 0.0559. The maximum absolute atomic E-state index is 12.6. The van der Waals surface area contributed by atoms with E-state index in [1.807, 2.05) is 0 Å². The van der Waals surface area contributed by atoms with E-state index in [1.54, 1.807) is 25.3 Å². The molecule has 3 aromatic rings. The van der Waals surface area contributed by atoms with Crippen LogP contribution in [0.4, 0.5) is 11.6 Å². The van der Waals surface area contributed by atoms with Gasteiger partial charge in [0.05, 0.1) is 19.7 Å². The average molecular weight is 360 g/mol. The van der Waals surface area contributed by atoms with E-state index in [0.717, 1.165) is 5.39 Å². The number of ether oxygens (including phenoxy) is 2. The van der Waals surface area contributed by atoms with E-state index in [9.17, 15) is 8.42 Å². The van der Waals surface area contributed by atoms with E-state index < -0.39 is 10.0 Å². The Morgan fingerprint density at radius 1 is 1.08 bits per heavy atom. The Hall–Kier alpha value is -3.07. The molecule has 0 amide bonds. The predicted molar refractivity (Wildman–Crippen MR) is 94.3 cm³/mol. The van der Waals surface area contributed by atoms with Crippen molar-refractivity contribution in [1.29, 1.82) is 0 Å². The topological polar surface area (TPSA) is 116 Å². The molecule has 8 nitrogen and oxygen atoms in total. The maximum Gasteiger partial charge on any atom is 0.267 e. The summed E-state index contributed by atoms with van der Waals surface area (Å²) in [6, 6.07) is 9.52. The van der Waals surface area contributed by atoms with E-state index in [4.69, 9.17) is 15.2 Å². The fourth-order valence-corrected chi connectivity index (χ4v) is 3.36. The van der Waals surface area contributed by atoms with Gasteiger partial charge < -0.3 is 15.2 Å². The summed E-state index contributed by atoms with van der Waals surface area (Å²) in [6.07, 6.45) is 1.53. The molecule has 0 saturated carbocycles. The second-order valence-corrected chi connectivity index (χ2v) is 6.78. The van der Waals surface area contributed by atoms with Crippen LogP contribution in [0.2, 0.25) is 0 Å². The highest BCUT2D eigenvalue weighted by molar-refractivity contribution is 7.92. The molecule has 0 atom stereocenters. The number of nitrogens with one attached hydrogen (secondary N) is 1. The largest absolute Gasteiger partial charge is 0.497 e. The Balaban J connectivity index is 1.99. The Labute approximate surface area is 144 Å². The molecule has 0 fully saturated rings. The van der Waals surface area contributed by atoms with Crippen LogP contribution >= 0.6 is 0 Å². The molecule has 0 aliphatic rings. The summed E-state index contributed by atoms with van der Waals surface area (Å²) in [6.45, 7) is 0. The molecule has 130 valence electrons. The van der Waals surface area contributed by atoms with E-state index in [-0.39, 0.29) is 16.6 Å². The number of methoxy groups -OCH3 is 2. The number of anilines is 2. The number of hydrogen-bond acceptors (Lipinski definition) is 7. The van der Waals surface area contributed by atoms with Crippen molar-refractivity contribution >= 4 is 32.6 Å². The minimum atomic E-state index is -3.94. The quantitative estimate of drug-likeness (QED) is 0.669. The van der Waals surface area contributed by atoms with Crippen LogP contribution in [0.5, 0.6) is 11.5 Å². The van der Waals surface area contributed by atoms with Crippen molar-refractivity contribution in [3.8, 4) is 11.5 Å². The van der Waals surface area contributed by atoms with E-state index in [1.165, 1.54) is 31.5 Å². The number of aromatic nitrogens is 2. The first-order valence-corrected chi connectivity index (χ1v) is 8.68. The zero-order valence-electron chi connectivity index (χ0n) is 13.6. The summed E-state index contributed by atoms with van der Waals surface area (Å²) in [5.74, 6) is 0.690. The summed E-state index contributed by atoms with van der Waals surface area (Å²) in [7, 11) is -1.04. The van der Waals surface area contributed by atoms with Crippen LogP contribution in [0.15, 0.2) is 47.5 Å². The fraction of sp³-hybridized carbons (Fsp3) is 0.125. The lowest BCUT2D eigenvalue weighted by atomic mass is 10.2. The van der Waals surface area contributed by atoms with Crippen molar-refractivity contribution in [3.05, 3.63) is 42.6 Å². The SMILES string of the molecule is COc1ccc2cnc(NS(=O)(=O)c3ccc(N)cc3OC)nc2c1. The summed E-state index contributed by atoms with van der Waals surface area (Å²) in [4.78, 5) is 8.20. The first-order chi connectivity index (χ1) is 11.9. The van der Waals surface area contributed by atoms with Gasteiger partial charge in [-0.05, 0) is 24.3 Å². The smallest absolute Gasteiger partial charge is 0.267 e. The van der Waals surface area contributed by atoms with Crippen LogP contribution in [0.25, 0.3) is 10.9 Å². The van der Waals surface area contributed by atoms with E-state index in [0.29, 0.717) is 17.0 Å². The van der Waals surface area contributed by atoms with Gasteiger partial charge >= 0.3 is 0 Å². The van der Waals surface area contributed by atoms with Crippen LogP contribution < -0.4 is 19.9 Å². The van der Waals surface area contributed by atoms with Gasteiger partial charge in [-0.2, -0.15) is 0 Å². The highest BCUT2D eigenvalue weighted by Crippen LogP contribution is 2.27. The molecule has 0 aliphatic heterocycles. The lowest BCUT2D eigenvalue weighted by molar-refractivity contribution is 0.403. The average Bonchev–Trinajstić information content (AvgIpc) is 2.60. The lowest BCUT2D eigenvalue weighted by Gasteiger charge is -2.11.